The second-order valence-corrected chi connectivity index (χ2v) is 5.92. The summed E-state index contributed by atoms with van der Waals surface area (Å²) in [6.45, 7) is 0. The minimum atomic E-state index is -0.642. The fraction of sp³-hybridized carbons (Fsp3) is 0.0667. The number of hydrogen-bond acceptors (Lipinski definition) is 4. The number of hydrogen-bond donors (Lipinski definition) is 1. The molecular weight excluding hydrogens is 308 g/mol. The molecule has 2 aromatic carbocycles. The molecule has 0 aliphatic carbocycles. The molecular formula is C15H11ClN2O2S. The van der Waals surface area contributed by atoms with Gasteiger partial charge in [-0.1, -0.05) is 35.9 Å². The Bertz CT molecular complexity index is 693. The summed E-state index contributed by atoms with van der Waals surface area (Å²) in [6.07, 6.45) is 0. The molecule has 2 aromatic rings. The van der Waals surface area contributed by atoms with Crippen LogP contribution >= 0.6 is 23.4 Å². The van der Waals surface area contributed by atoms with Crippen molar-refractivity contribution in [2.24, 2.45) is 0 Å². The minimum absolute atomic E-state index is 0.281. The molecule has 0 radical (unpaired) electrons. The number of rotatable bonds is 3. The summed E-state index contributed by atoms with van der Waals surface area (Å²) >= 11 is 6.87. The van der Waals surface area contributed by atoms with E-state index in [-0.39, 0.29) is 11.1 Å². The van der Waals surface area contributed by atoms with Gasteiger partial charge in [-0.3, -0.25) is 9.59 Å². The number of halogens is 1. The van der Waals surface area contributed by atoms with Crippen LogP contribution in [-0.2, 0) is 4.79 Å². The number of amides is 2. The largest absolute Gasteiger partial charge is 0.365 e. The molecule has 1 fully saturated rings. The number of benzene rings is 2. The molecule has 1 N–H and O–H groups in total. The number of anilines is 2. The van der Waals surface area contributed by atoms with Gasteiger partial charge in [0.25, 0.3) is 11.1 Å². The van der Waals surface area contributed by atoms with E-state index in [0.717, 1.165) is 11.8 Å². The van der Waals surface area contributed by atoms with Crippen LogP contribution in [0.4, 0.5) is 16.2 Å². The molecule has 1 atom stereocenters. The van der Waals surface area contributed by atoms with Crippen molar-refractivity contribution < 1.29 is 9.59 Å². The molecule has 106 valence electrons. The van der Waals surface area contributed by atoms with Crippen molar-refractivity contribution in [2.75, 3.05) is 10.2 Å². The Labute approximate surface area is 131 Å². The lowest BCUT2D eigenvalue weighted by Gasteiger charge is -2.14. The van der Waals surface area contributed by atoms with E-state index in [1.165, 1.54) is 4.90 Å². The average Bonchev–Trinajstić information content (AvgIpc) is 2.74. The van der Waals surface area contributed by atoms with Gasteiger partial charge in [0.2, 0.25) is 0 Å². The monoisotopic (exact) mass is 318 g/mol. The molecule has 0 spiro atoms. The summed E-state index contributed by atoms with van der Waals surface area (Å²) in [5, 5.41) is 2.67. The van der Waals surface area contributed by atoms with Gasteiger partial charge in [0.05, 0.1) is 5.69 Å². The molecule has 1 saturated heterocycles. The van der Waals surface area contributed by atoms with Crippen molar-refractivity contribution in [1.29, 1.82) is 0 Å². The SMILES string of the molecule is O=C1S[C@@H](Nc2cccc(Cl)c2)C(=O)N1c1ccccc1. The van der Waals surface area contributed by atoms with Crippen molar-refractivity contribution >= 4 is 45.9 Å². The van der Waals surface area contributed by atoms with Crippen LogP contribution in [-0.4, -0.2) is 16.5 Å². The molecule has 6 heteroatoms. The zero-order valence-corrected chi connectivity index (χ0v) is 12.4. The predicted octanol–water partition coefficient (Wildman–Crippen LogP) is 3.98. The van der Waals surface area contributed by atoms with Gasteiger partial charge >= 0.3 is 0 Å². The fourth-order valence-electron chi connectivity index (χ4n) is 2.04. The number of nitrogens with zero attached hydrogens (tertiary/aromatic N) is 1. The van der Waals surface area contributed by atoms with Gasteiger partial charge in [-0.2, -0.15) is 0 Å². The Morgan fingerprint density at radius 3 is 2.52 bits per heavy atom. The zero-order chi connectivity index (χ0) is 14.8. The highest BCUT2D eigenvalue weighted by atomic mass is 35.5. The van der Waals surface area contributed by atoms with Gasteiger partial charge in [0, 0.05) is 10.7 Å². The number of para-hydroxylation sites is 1. The number of carbonyl (C=O) groups is 2. The second kappa shape index (κ2) is 5.79. The van der Waals surface area contributed by atoms with E-state index < -0.39 is 5.37 Å². The fourth-order valence-corrected chi connectivity index (χ4v) is 3.14. The lowest BCUT2D eigenvalue weighted by molar-refractivity contribution is -0.116. The van der Waals surface area contributed by atoms with Gasteiger partial charge in [-0.25, -0.2) is 4.90 Å². The normalized spacial score (nSPS) is 18.1. The van der Waals surface area contributed by atoms with Gasteiger partial charge in [0.15, 0.2) is 5.37 Å². The maximum Gasteiger partial charge on any atom is 0.295 e. The van der Waals surface area contributed by atoms with Crippen LogP contribution in [0.15, 0.2) is 54.6 Å². The molecule has 0 aromatic heterocycles. The smallest absolute Gasteiger partial charge is 0.295 e. The third kappa shape index (κ3) is 2.89. The average molecular weight is 319 g/mol. The highest BCUT2D eigenvalue weighted by molar-refractivity contribution is 8.16. The van der Waals surface area contributed by atoms with Crippen LogP contribution in [0.2, 0.25) is 5.02 Å². The lowest BCUT2D eigenvalue weighted by Crippen LogP contribution is -2.34. The van der Waals surface area contributed by atoms with Crippen molar-refractivity contribution in [3.05, 3.63) is 59.6 Å². The molecule has 1 heterocycles. The Morgan fingerprint density at radius 2 is 1.81 bits per heavy atom. The Hall–Kier alpha value is -1.98. The molecule has 3 rings (SSSR count). The Morgan fingerprint density at radius 1 is 1.05 bits per heavy atom. The van der Waals surface area contributed by atoms with Crippen molar-refractivity contribution in [3.8, 4) is 0 Å². The first kappa shape index (κ1) is 14.0. The van der Waals surface area contributed by atoms with E-state index in [9.17, 15) is 9.59 Å². The number of nitrogens with one attached hydrogen (secondary N) is 1. The van der Waals surface area contributed by atoms with Crippen LogP contribution < -0.4 is 10.2 Å². The third-order valence-corrected chi connectivity index (χ3v) is 4.16. The minimum Gasteiger partial charge on any atom is -0.365 e. The molecule has 0 saturated carbocycles. The summed E-state index contributed by atoms with van der Waals surface area (Å²) in [6, 6.07) is 15.9. The summed E-state index contributed by atoms with van der Waals surface area (Å²) in [4.78, 5) is 25.6. The standard InChI is InChI=1S/C15H11ClN2O2S/c16-10-5-4-6-11(9-10)17-13-14(19)18(15(20)21-13)12-7-2-1-3-8-12/h1-9,13,17H/t13-/m1/s1. The highest BCUT2D eigenvalue weighted by Crippen LogP contribution is 2.32. The van der Waals surface area contributed by atoms with Gasteiger partial charge in [-0.15, -0.1) is 0 Å². The number of thioether (sulfide) groups is 1. The molecule has 1 aliphatic heterocycles. The first-order chi connectivity index (χ1) is 10.1. The molecule has 21 heavy (non-hydrogen) atoms. The van der Waals surface area contributed by atoms with E-state index in [2.05, 4.69) is 5.32 Å². The van der Waals surface area contributed by atoms with Gasteiger partial charge in [0.1, 0.15) is 0 Å². The Kier molecular flexibility index (Phi) is 3.86. The van der Waals surface area contributed by atoms with Crippen molar-refractivity contribution in [1.82, 2.24) is 0 Å². The van der Waals surface area contributed by atoms with E-state index in [1.54, 1.807) is 48.5 Å². The highest BCUT2D eigenvalue weighted by Gasteiger charge is 2.40. The van der Waals surface area contributed by atoms with E-state index in [1.807, 2.05) is 6.07 Å². The Balaban J connectivity index is 1.81. The molecule has 0 bridgehead atoms. The third-order valence-electron chi connectivity index (χ3n) is 2.98. The van der Waals surface area contributed by atoms with E-state index in [4.69, 9.17) is 11.6 Å². The maximum absolute atomic E-state index is 12.4. The molecule has 0 unspecified atom stereocenters. The van der Waals surface area contributed by atoms with Crippen molar-refractivity contribution in [3.63, 3.8) is 0 Å². The topological polar surface area (TPSA) is 49.4 Å². The zero-order valence-electron chi connectivity index (χ0n) is 10.8. The molecule has 2 amide bonds. The lowest BCUT2D eigenvalue weighted by atomic mass is 10.3. The number of imide groups is 1. The van der Waals surface area contributed by atoms with Crippen LogP contribution in [0, 0.1) is 0 Å². The first-order valence-corrected chi connectivity index (χ1v) is 7.52. The second-order valence-electron chi connectivity index (χ2n) is 4.43. The molecule has 1 aliphatic rings. The van der Waals surface area contributed by atoms with Gasteiger partial charge in [-0.05, 0) is 42.1 Å². The summed E-state index contributed by atoms with van der Waals surface area (Å²) in [5.41, 5.74) is 1.28. The van der Waals surface area contributed by atoms with E-state index in [0.29, 0.717) is 16.4 Å². The molecule has 4 nitrogen and oxygen atoms in total. The predicted molar refractivity (Wildman–Crippen MR) is 85.8 cm³/mol. The van der Waals surface area contributed by atoms with Crippen LogP contribution in [0.5, 0.6) is 0 Å². The summed E-state index contributed by atoms with van der Waals surface area (Å²) < 4.78 is 0. The summed E-state index contributed by atoms with van der Waals surface area (Å²) in [5.74, 6) is -0.281. The quantitative estimate of drug-likeness (QED) is 0.930. The number of carbonyl (C=O) groups excluding carboxylic acids is 2. The first-order valence-electron chi connectivity index (χ1n) is 6.27. The van der Waals surface area contributed by atoms with E-state index >= 15 is 0 Å². The van der Waals surface area contributed by atoms with Gasteiger partial charge < -0.3 is 5.32 Å². The van der Waals surface area contributed by atoms with Crippen LogP contribution in [0.25, 0.3) is 0 Å². The van der Waals surface area contributed by atoms with Crippen molar-refractivity contribution in [2.45, 2.75) is 5.37 Å². The van der Waals surface area contributed by atoms with Crippen LogP contribution in [0.1, 0.15) is 0 Å². The maximum atomic E-state index is 12.4. The van der Waals surface area contributed by atoms with Crippen LogP contribution in [0.3, 0.4) is 0 Å². The summed E-state index contributed by atoms with van der Waals surface area (Å²) in [7, 11) is 0.